The molecule has 3 aromatic rings. The van der Waals surface area contributed by atoms with E-state index in [4.69, 9.17) is 0 Å². The highest BCUT2D eigenvalue weighted by molar-refractivity contribution is 5.93. The molecule has 4 atom stereocenters. The van der Waals surface area contributed by atoms with Crippen molar-refractivity contribution in [2.24, 2.45) is 23.2 Å². The number of fused-ring (bicyclic) bond motifs is 4. The molecule has 0 radical (unpaired) electrons. The van der Waals surface area contributed by atoms with E-state index in [0.29, 0.717) is 18.5 Å². The number of ether oxygens (including phenoxy) is 1. The molecule has 1 saturated carbocycles. The van der Waals surface area contributed by atoms with Crippen LogP contribution in [0, 0.1) is 29.0 Å². The number of carbonyl (C=O) groups is 1. The quantitative estimate of drug-likeness (QED) is 0.218. The number of amides is 1. The summed E-state index contributed by atoms with van der Waals surface area (Å²) in [4.78, 5) is 13.6. The number of hydrogen-bond acceptors (Lipinski definition) is 3. The molecular weight excluding hydrogens is 610 g/mol. The molecule has 5 nitrogen and oxygen atoms in total. The van der Waals surface area contributed by atoms with Gasteiger partial charge in [-0.3, -0.25) is 4.79 Å². The van der Waals surface area contributed by atoms with Gasteiger partial charge in [-0.1, -0.05) is 24.1 Å². The van der Waals surface area contributed by atoms with Gasteiger partial charge in [0, 0.05) is 11.1 Å². The van der Waals surface area contributed by atoms with Crippen molar-refractivity contribution in [1.82, 2.24) is 9.78 Å². The molecular formula is C32H27F8N3O2. The number of nitrogens with one attached hydrogen (secondary N) is 1. The topological polar surface area (TPSA) is 56.2 Å². The number of anilines is 1. The van der Waals surface area contributed by atoms with E-state index in [0.717, 1.165) is 46.7 Å². The Balaban J connectivity index is 1.27. The normalized spacial score (nSPS) is 24.6. The maximum absolute atomic E-state index is 14.3. The molecule has 1 N–H and O–H groups in total. The van der Waals surface area contributed by atoms with Gasteiger partial charge in [-0.25, -0.2) is 9.07 Å². The molecule has 3 aliphatic rings. The predicted octanol–water partition coefficient (Wildman–Crippen LogP) is 8.37. The fourth-order valence-corrected chi connectivity index (χ4v) is 6.97. The Morgan fingerprint density at radius 2 is 1.76 bits per heavy atom. The molecule has 3 aliphatic carbocycles. The smallest absolute Gasteiger partial charge is 0.428 e. The number of halogens is 8. The minimum atomic E-state index is -4.74. The molecule has 0 spiro atoms. The van der Waals surface area contributed by atoms with Gasteiger partial charge in [0.1, 0.15) is 11.6 Å². The van der Waals surface area contributed by atoms with E-state index in [2.05, 4.69) is 15.2 Å². The summed E-state index contributed by atoms with van der Waals surface area (Å²) in [6.45, 7) is 1.96. The summed E-state index contributed by atoms with van der Waals surface area (Å²) in [5.74, 6) is -6.01. The highest BCUT2D eigenvalue weighted by atomic mass is 19.4. The third-order valence-electron chi connectivity index (χ3n) is 9.09. The molecule has 0 aliphatic heterocycles. The van der Waals surface area contributed by atoms with Crippen LogP contribution in [0.5, 0.6) is 5.75 Å². The summed E-state index contributed by atoms with van der Waals surface area (Å²) < 4.78 is 114. The summed E-state index contributed by atoms with van der Waals surface area (Å²) in [6.07, 6.45) is -7.41. The van der Waals surface area contributed by atoms with E-state index in [1.54, 1.807) is 29.1 Å². The number of alkyl halides is 7. The van der Waals surface area contributed by atoms with Crippen LogP contribution in [-0.4, -0.2) is 34.4 Å². The lowest BCUT2D eigenvalue weighted by atomic mass is 9.54. The summed E-state index contributed by atoms with van der Waals surface area (Å²) >= 11 is 0. The van der Waals surface area contributed by atoms with Crippen molar-refractivity contribution in [2.45, 2.75) is 51.3 Å². The van der Waals surface area contributed by atoms with Gasteiger partial charge in [-0.05, 0) is 91.8 Å². The van der Waals surface area contributed by atoms with Crippen molar-refractivity contribution in [3.05, 3.63) is 89.0 Å². The van der Waals surface area contributed by atoms with Gasteiger partial charge >= 0.3 is 18.7 Å². The first-order chi connectivity index (χ1) is 21.2. The minimum Gasteiger partial charge on any atom is -0.428 e. The van der Waals surface area contributed by atoms with Gasteiger partial charge in [0.25, 0.3) is 0 Å². The summed E-state index contributed by atoms with van der Waals surface area (Å²) in [7, 11) is 0. The summed E-state index contributed by atoms with van der Waals surface area (Å²) in [6, 6.07) is 9.91. The Hall–Kier alpha value is -4.16. The third kappa shape index (κ3) is 5.61. The molecule has 1 unspecified atom stereocenters. The van der Waals surface area contributed by atoms with Gasteiger partial charge in [-0.2, -0.15) is 35.8 Å². The van der Waals surface area contributed by atoms with Gasteiger partial charge in [0.2, 0.25) is 5.91 Å². The van der Waals surface area contributed by atoms with E-state index >= 15 is 0 Å². The van der Waals surface area contributed by atoms with Crippen LogP contribution in [0.25, 0.3) is 11.8 Å². The second kappa shape index (κ2) is 11.0. The summed E-state index contributed by atoms with van der Waals surface area (Å²) in [5.41, 5.74) is 3.44. The minimum absolute atomic E-state index is 0.00265. The lowest BCUT2D eigenvalue weighted by molar-refractivity contribution is -0.253. The molecule has 45 heavy (non-hydrogen) atoms. The van der Waals surface area contributed by atoms with Crippen LogP contribution in [0.3, 0.4) is 0 Å². The van der Waals surface area contributed by atoms with Gasteiger partial charge in [0.05, 0.1) is 29.4 Å². The van der Waals surface area contributed by atoms with Crippen molar-refractivity contribution < 1.29 is 44.7 Å². The average Bonchev–Trinajstić information content (AvgIpc) is 3.37. The van der Waals surface area contributed by atoms with E-state index in [1.165, 1.54) is 12.1 Å². The Morgan fingerprint density at radius 3 is 2.40 bits per heavy atom. The fraction of sp³-hybridized carbons (Fsp3) is 0.375. The molecule has 1 aromatic heterocycles. The monoisotopic (exact) mass is 637 g/mol. The van der Waals surface area contributed by atoms with Crippen LogP contribution in [0.4, 0.5) is 40.8 Å². The second-order valence-corrected chi connectivity index (χ2v) is 11.8. The third-order valence-corrected chi connectivity index (χ3v) is 9.09. The SMILES string of the molecule is C[C@]12Cc3cnn(-c4ccc(F)cc4)c3C=C1CCC1C2=CC[C@@H](C(F)(F)F)[C@@H]1C(=O)Nc1ccc(OC(F)(F)C(F)F)cc1. The fourth-order valence-electron chi connectivity index (χ4n) is 6.97. The number of benzene rings is 2. The van der Waals surface area contributed by atoms with Crippen LogP contribution in [0.1, 0.15) is 37.4 Å². The predicted molar refractivity (Wildman–Crippen MR) is 148 cm³/mol. The first-order valence-corrected chi connectivity index (χ1v) is 14.2. The van der Waals surface area contributed by atoms with Crippen molar-refractivity contribution in [3.63, 3.8) is 0 Å². The van der Waals surface area contributed by atoms with Crippen LogP contribution in [0.2, 0.25) is 0 Å². The number of aromatic nitrogens is 2. The van der Waals surface area contributed by atoms with Crippen LogP contribution >= 0.6 is 0 Å². The molecule has 2 aromatic carbocycles. The molecule has 1 heterocycles. The zero-order valence-corrected chi connectivity index (χ0v) is 23.7. The van der Waals surface area contributed by atoms with Crippen molar-refractivity contribution in [3.8, 4) is 11.4 Å². The highest BCUT2D eigenvalue weighted by Gasteiger charge is 2.56. The zero-order valence-electron chi connectivity index (χ0n) is 23.7. The lowest BCUT2D eigenvalue weighted by Crippen LogP contribution is -2.49. The first-order valence-electron chi connectivity index (χ1n) is 14.2. The molecule has 1 fully saturated rings. The Labute approximate surface area is 252 Å². The summed E-state index contributed by atoms with van der Waals surface area (Å²) in [5, 5.41) is 6.96. The Kier molecular flexibility index (Phi) is 7.56. The molecule has 0 bridgehead atoms. The zero-order chi connectivity index (χ0) is 32.3. The number of hydrogen-bond donors (Lipinski definition) is 1. The maximum atomic E-state index is 14.3. The number of allylic oxidation sites excluding steroid dienone is 3. The van der Waals surface area contributed by atoms with Gasteiger partial charge in [-0.15, -0.1) is 0 Å². The van der Waals surface area contributed by atoms with E-state index in [-0.39, 0.29) is 17.9 Å². The van der Waals surface area contributed by atoms with Crippen LogP contribution in [0.15, 0.2) is 72.0 Å². The second-order valence-electron chi connectivity index (χ2n) is 11.8. The van der Waals surface area contributed by atoms with Gasteiger partial charge in [0.15, 0.2) is 0 Å². The van der Waals surface area contributed by atoms with Gasteiger partial charge < -0.3 is 10.1 Å². The largest absolute Gasteiger partial charge is 0.461 e. The maximum Gasteiger partial charge on any atom is 0.461 e. The number of rotatable bonds is 6. The molecule has 13 heteroatoms. The highest BCUT2D eigenvalue weighted by Crippen LogP contribution is 2.59. The van der Waals surface area contributed by atoms with E-state index in [1.807, 2.05) is 13.0 Å². The van der Waals surface area contributed by atoms with E-state index < -0.39 is 60.0 Å². The standard InChI is InChI=1S/C32H27F8N3O2/c1-30-15-17-16-41-43(21-7-3-19(33)4-8-21)26(17)14-18(30)2-11-23-24(30)12-13-25(31(36,37)38)27(23)28(44)42-20-5-9-22(10-6-20)45-32(39,40)29(34)35/h3-10,12,14,16,23,25,27,29H,2,11,13,15H2,1H3,(H,42,44)/t23?,25-,27-,30+/m1/s1. The first kappa shape index (κ1) is 30.8. The Bertz CT molecular complexity index is 1660. The average molecular weight is 638 g/mol. The van der Waals surface area contributed by atoms with Crippen molar-refractivity contribution in [1.29, 1.82) is 0 Å². The Morgan fingerprint density at radius 1 is 1.07 bits per heavy atom. The van der Waals surface area contributed by atoms with E-state index in [9.17, 15) is 39.9 Å². The lowest BCUT2D eigenvalue weighted by Gasteiger charge is -2.50. The molecule has 1 amide bonds. The molecule has 6 rings (SSSR count). The number of carbonyl (C=O) groups excluding carboxylic acids is 1. The number of nitrogens with zero attached hydrogens (tertiary/aromatic N) is 2. The molecule has 238 valence electrons. The molecule has 0 saturated heterocycles. The van der Waals surface area contributed by atoms with Crippen LogP contribution < -0.4 is 10.1 Å². The van der Waals surface area contributed by atoms with Crippen molar-refractivity contribution in [2.75, 3.05) is 5.32 Å². The van der Waals surface area contributed by atoms with Crippen molar-refractivity contribution >= 4 is 17.7 Å². The van der Waals surface area contributed by atoms with Crippen LogP contribution in [-0.2, 0) is 11.2 Å².